The van der Waals surface area contributed by atoms with Crippen molar-refractivity contribution in [2.45, 2.75) is 23.8 Å². The fraction of sp³-hybridized carbons (Fsp3) is 0.238. The first kappa shape index (κ1) is 16.9. The molecule has 0 aliphatic carbocycles. The van der Waals surface area contributed by atoms with Gasteiger partial charge in [0, 0.05) is 24.1 Å². The first-order valence-electron chi connectivity index (χ1n) is 8.80. The highest BCUT2D eigenvalue weighted by molar-refractivity contribution is 7.99. The summed E-state index contributed by atoms with van der Waals surface area (Å²) in [4.78, 5) is 14.2. The van der Waals surface area contributed by atoms with Crippen molar-refractivity contribution in [1.82, 2.24) is 15.1 Å². The van der Waals surface area contributed by atoms with Crippen molar-refractivity contribution < 1.29 is 4.79 Å². The highest BCUT2D eigenvalue weighted by Crippen LogP contribution is 2.36. The summed E-state index contributed by atoms with van der Waals surface area (Å²) in [6.45, 7) is 0. The molecule has 1 amide bonds. The molecule has 2 aromatic carbocycles. The van der Waals surface area contributed by atoms with Gasteiger partial charge in [0.1, 0.15) is 0 Å². The average molecular weight is 363 g/mol. The van der Waals surface area contributed by atoms with Crippen LogP contribution in [-0.2, 0) is 13.5 Å². The van der Waals surface area contributed by atoms with Gasteiger partial charge >= 0.3 is 0 Å². The summed E-state index contributed by atoms with van der Waals surface area (Å²) in [5, 5.41) is 7.55. The number of carbonyl (C=O) groups is 1. The number of hydrogen-bond donors (Lipinski definition) is 1. The first-order valence-corrected chi connectivity index (χ1v) is 9.78. The fourth-order valence-electron chi connectivity index (χ4n) is 3.38. The Labute approximate surface area is 157 Å². The minimum absolute atomic E-state index is 0.0456. The number of aryl methyl sites for hydroxylation is 1. The zero-order valence-electron chi connectivity index (χ0n) is 14.7. The topological polar surface area (TPSA) is 46.9 Å². The molecule has 4 nitrogen and oxygen atoms in total. The molecule has 132 valence electrons. The molecule has 1 aromatic heterocycles. The number of aromatic nitrogens is 2. The molecule has 2 heterocycles. The van der Waals surface area contributed by atoms with Gasteiger partial charge in [-0.05, 0) is 23.6 Å². The number of thioether (sulfide) groups is 1. The summed E-state index contributed by atoms with van der Waals surface area (Å²) in [6.07, 6.45) is 3.32. The summed E-state index contributed by atoms with van der Waals surface area (Å²) >= 11 is 1.86. The molecular weight excluding hydrogens is 342 g/mol. The van der Waals surface area contributed by atoms with E-state index >= 15 is 0 Å². The molecule has 26 heavy (non-hydrogen) atoms. The molecule has 3 aromatic rings. The zero-order valence-corrected chi connectivity index (χ0v) is 15.5. The van der Waals surface area contributed by atoms with Crippen LogP contribution < -0.4 is 5.32 Å². The van der Waals surface area contributed by atoms with E-state index in [1.807, 2.05) is 43.1 Å². The number of rotatable bonds is 4. The van der Waals surface area contributed by atoms with Crippen LogP contribution in [0.15, 0.2) is 65.7 Å². The fourth-order valence-corrected chi connectivity index (χ4v) is 4.50. The molecule has 0 bridgehead atoms. The van der Waals surface area contributed by atoms with E-state index in [4.69, 9.17) is 0 Å². The predicted molar refractivity (Wildman–Crippen MR) is 104 cm³/mol. The van der Waals surface area contributed by atoms with Crippen molar-refractivity contribution >= 4 is 17.7 Å². The van der Waals surface area contributed by atoms with E-state index in [1.54, 1.807) is 10.9 Å². The highest BCUT2D eigenvalue weighted by atomic mass is 32.2. The smallest absolute Gasteiger partial charge is 0.255 e. The van der Waals surface area contributed by atoms with Crippen molar-refractivity contribution in [1.29, 1.82) is 0 Å². The minimum Gasteiger partial charge on any atom is -0.345 e. The SMILES string of the molecule is Cn1ncc(C(=O)NC2CCSc3ccccc32)c1Cc1ccccc1. The number of benzene rings is 2. The normalized spacial score (nSPS) is 16.1. The lowest BCUT2D eigenvalue weighted by atomic mass is 10.0. The van der Waals surface area contributed by atoms with Crippen LogP contribution in [0, 0.1) is 0 Å². The highest BCUT2D eigenvalue weighted by Gasteiger charge is 2.24. The van der Waals surface area contributed by atoms with Crippen molar-refractivity contribution in [2.24, 2.45) is 7.05 Å². The van der Waals surface area contributed by atoms with Crippen molar-refractivity contribution in [2.75, 3.05) is 5.75 Å². The Kier molecular flexibility index (Phi) is 4.80. The van der Waals surface area contributed by atoms with E-state index in [-0.39, 0.29) is 11.9 Å². The Morgan fingerprint density at radius 2 is 1.96 bits per heavy atom. The van der Waals surface area contributed by atoms with Crippen molar-refractivity contribution in [3.63, 3.8) is 0 Å². The van der Waals surface area contributed by atoms with E-state index < -0.39 is 0 Å². The van der Waals surface area contributed by atoms with E-state index in [0.29, 0.717) is 12.0 Å². The standard InChI is InChI=1S/C21H21N3OS/c1-24-19(13-15-7-3-2-4-8-15)17(14-22-24)21(25)23-18-11-12-26-20-10-6-5-9-16(18)20/h2-10,14,18H,11-13H2,1H3,(H,23,25). The third-order valence-corrected chi connectivity index (χ3v) is 5.91. The second-order valence-electron chi connectivity index (χ2n) is 6.49. The molecule has 5 heteroatoms. The Hall–Kier alpha value is -2.53. The van der Waals surface area contributed by atoms with Gasteiger partial charge in [-0.25, -0.2) is 0 Å². The minimum atomic E-state index is -0.0456. The van der Waals surface area contributed by atoms with E-state index in [1.165, 1.54) is 16.0 Å². The molecule has 1 unspecified atom stereocenters. The zero-order chi connectivity index (χ0) is 17.9. The summed E-state index contributed by atoms with van der Waals surface area (Å²) in [6, 6.07) is 18.6. The van der Waals surface area contributed by atoms with Crippen LogP contribution >= 0.6 is 11.8 Å². The van der Waals surface area contributed by atoms with Gasteiger partial charge in [0.2, 0.25) is 0 Å². The van der Waals surface area contributed by atoms with Gasteiger partial charge < -0.3 is 5.32 Å². The Bertz CT molecular complexity index is 920. The number of hydrogen-bond acceptors (Lipinski definition) is 3. The molecule has 4 rings (SSSR count). The van der Waals surface area contributed by atoms with E-state index in [0.717, 1.165) is 17.9 Å². The van der Waals surface area contributed by atoms with Gasteiger partial charge in [-0.3, -0.25) is 9.48 Å². The number of amides is 1. The Morgan fingerprint density at radius 3 is 2.81 bits per heavy atom. The van der Waals surface area contributed by atoms with Gasteiger partial charge in [-0.1, -0.05) is 48.5 Å². The van der Waals surface area contributed by atoms with Crippen LogP contribution in [0.1, 0.15) is 39.6 Å². The van der Waals surface area contributed by atoms with Crippen LogP contribution in [0.4, 0.5) is 0 Å². The van der Waals surface area contributed by atoms with Gasteiger partial charge in [0.25, 0.3) is 5.91 Å². The molecule has 0 fully saturated rings. The number of carbonyl (C=O) groups excluding carboxylic acids is 1. The molecule has 1 aliphatic heterocycles. The Morgan fingerprint density at radius 1 is 1.19 bits per heavy atom. The second kappa shape index (κ2) is 7.38. The van der Waals surface area contributed by atoms with Crippen molar-refractivity contribution in [3.05, 3.63) is 83.2 Å². The lowest BCUT2D eigenvalue weighted by molar-refractivity contribution is 0.0934. The molecule has 1 atom stereocenters. The molecule has 0 radical (unpaired) electrons. The van der Waals surface area contributed by atoms with Crippen LogP contribution in [0.25, 0.3) is 0 Å². The van der Waals surface area contributed by atoms with Gasteiger partial charge in [-0.15, -0.1) is 11.8 Å². The second-order valence-corrected chi connectivity index (χ2v) is 7.63. The largest absolute Gasteiger partial charge is 0.345 e. The lowest BCUT2D eigenvalue weighted by Crippen LogP contribution is -2.31. The average Bonchev–Trinajstić information content (AvgIpc) is 3.03. The Balaban J connectivity index is 1.57. The molecule has 1 aliphatic rings. The van der Waals surface area contributed by atoms with Crippen LogP contribution in [0.5, 0.6) is 0 Å². The maximum absolute atomic E-state index is 13.0. The summed E-state index contributed by atoms with van der Waals surface area (Å²) < 4.78 is 1.80. The van der Waals surface area contributed by atoms with Gasteiger partial charge in [0.05, 0.1) is 23.5 Å². The summed E-state index contributed by atoms with van der Waals surface area (Å²) in [5.41, 5.74) is 3.98. The number of nitrogens with zero attached hydrogens (tertiary/aromatic N) is 2. The van der Waals surface area contributed by atoms with E-state index in [9.17, 15) is 4.79 Å². The van der Waals surface area contributed by atoms with Crippen LogP contribution in [-0.4, -0.2) is 21.4 Å². The van der Waals surface area contributed by atoms with Crippen LogP contribution in [0.2, 0.25) is 0 Å². The molecular formula is C21H21N3OS. The molecule has 0 saturated heterocycles. The third kappa shape index (κ3) is 3.40. The number of fused-ring (bicyclic) bond motifs is 1. The molecule has 0 saturated carbocycles. The predicted octanol–water partition coefficient (Wildman–Crippen LogP) is 3.98. The van der Waals surface area contributed by atoms with Crippen molar-refractivity contribution in [3.8, 4) is 0 Å². The lowest BCUT2D eigenvalue weighted by Gasteiger charge is -2.25. The monoisotopic (exact) mass is 363 g/mol. The van der Waals surface area contributed by atoms with E-state index in [2.05, 4.69) is 40.7 Å². The van der Waals surface area contributed by atoms with Gasteiger partial charge in [-0.2, -0.15) is 5.10 Å². The maximum atomic E-state index is 13.0. The maximum Gasteiger partial charge on any atom is 0.255 e. The first-order chi connectivity index (χ1) is 12.7. The third-order valence-electron chi connectivity index (χ3n) is 4.78. The number of nitrogens with one attached hydrogen (secondary N) is 1. The van der Waals surface area contributed by atoms with Gasteiger partial charge in [0.15, 0.2) is 0 Å². The molecule has 0 spiro atoms. The summed E-state index contributed by atoms with van der Waals surface area (Å²) in [7, 11) is 1.89. The summed E-state index contributed by atoms with van der Waals surface area (Å²) in [5.74, 6) is 0.974. The molecule has 1 N–H and O–H groups in total. The quantitative estimate of drug-likeness (QED) is 0.763. The van der Waals surface area contributed by atoms with Crippen LogP contribution in [0.3, 0.4) is 0 Å².